The van der Waals surface area contributed by atoms with Crippen molar-refractivity contribution in [3.05, 3.63) is 58.1 Å². The lowest BCUT2D eigenvalue weighted by Crippen LogP contribution is -2.40. The molecule has 0 radical (unpaired) electrons. The van der Waals surface area contributed by atoms with Crippen LogP contribution in [0.1, 0.15) is 5.56 Å². The Bertz CT molecular complexity index is 940. The number of rotatable bonds is 7. The van der Waals surface area contributed by atoms with Crippen LogP contribution in [0, 0.1) is 10.1 Å². The normalized spacial score (nSPS) is 15.2. The molecular weight excluding hydrogens is 386 g/mol. The van der Waals surface area contributed by atoms with Gasteiger partial charge in [-0.05, 0) is 23.8 Å². The molecular formula is C18H21N3O6S. The number of non-ortho nitro benzene ring substituents is 1. The molecule has 0 aliphatic carbocycles. The molecule has 1 fully saturated rings. The second-order valence-electron chi connectivity index (χ2n) is 6.16. The summed E-state index contributed by atoms with van der Waals surface area (Å²) in [6.07, 6.45) is 0. The molecule has 150 valence electrons. The van der Waals surface area contributed by atoms with Crippen LogP contribution >= 0.6 is 0 Å². The number of benzene rings is 2. The summed E-state index contributed by atoms with van der Waals surface area (Å²) in [5.74, 6) is 0.717. The zero-order valence-electron chi connectivity index (χ0n) is 15.3. The van der Waals surface area contributed by atoms with Crippen molar-refractivity contribution in [3.63, 3.8) is 0 Å². The van der Waals surface area contributed by atoms with Crippen molar-refractivity contribution < 1.29 is 22.8 Å². The number of nitro groups is 1. The summed E-state index contributed by atoms with van der Waals surface area (Å²) in [6, 6.07) is 11.1. The van der Waals surface area contributed by atoms with E-state index in [2.05, 4.69) is 5.32 Å². The Labute approximate surface area is 163 Å². The standard InChI is InChI=1S/C18H21N3O6S/c1-26-16-5-2-14(3-6-16)13-19-17-7-4-15(21(22)23)12-18(17)28(24,25)20-8-10-27-11-9-20/h2-7,12,19H,8-11,13H2,1H3. The lowest BCUT2D eigenvalue weighted by atomic mass is 10.2. The molecule has 2 aromatic carbocycles. The van der Waals surface area contributed by atoms with Crippen LogP contribution in [0.3, 0.4) is 0 Å². The number of hydrogen-bond acceptors (Lipinski definition) is 7. The molecule has 9 nitrogen and oxygen atoms in total. The van der Waals surface area contributed by atoms with Crippen molar-refractivity contribution in [1.82, 2.24) is 4.31 Å². The van der Waals surface area contributed by atoms with Gasteiger partial charge in [-0.15, -0.1) is 0 Å². The number of morpholine rings is 1. The Balaban J connectivity index is 1.90. The van der Waals surface area contributed by atoms with Gasteiger partial charge in [0, 0.05) is 31.8 Å². The highest BCUT2D eigenvalue weighted by molar-refractivity contribution is 7.89. The quantitative estimate of drug-likeness (QED) is 0.553. The highest BCUT2D eigenvalue weighted by atomic mass is 32.2. The molecule has 1 N–H and O–H groups in total. The Morgan fingerprint density at radius 1 is 1.18 bits per heavy atom. The van der Waals surface area contributed by atoms with Gasteiger partial charge in [0.05, 0.1) is 30.9 Å². The van der Waals surface area contributed by atoms with E-state index in [9.17, 15) is 18.5 Å². The summed E-state index contributed by atoms with van der Waals surface area (Å²) in [6.45, 7) is 1.37. The number of sulfonamides is 1. The molecule has 0 aromatic heterocycles. The molecule has 0 bridgehead atoms. The van der Waals surface area contributed by atoms with Gasteiger partial charge in [0.2, 0.25) is 10.0 Å². The molecule has 1 aliphatic rings. The molecule has 0 amide bonds. The molecule has 1 heterocycles. The monoisotopic (exact) mass is 407 g/mol. The fraction of sp³-hybridized carbons (Fsp3) is 0.333. The van der Waals surface area contributed by atoms with E-state index in [1.165, 1.54) is 16.4 Å². The second kappa shape index (κ2) is 8.55. The minimum Gasteiger partial charge on any atom is -0.497 e. The van der Waals surface area contributed by atoms with Crippen molar-refractivity contribution in [2.24, 2.45) is 0 Å². The largest absolute Gasteiger partial charge is 0.497 e. The number of nitrogens with zero attached hydrogens (tertiary/aromatic N) is 2. The van der Waals surface area contributed by atoms with E-state index in [-0.39, 0.29) is 23.7 Å². The maximum Gasteiger partial charge on any atom is 0.270 e. The van der Waals surface area contributed by atoms with Crippen molar-refractivity contribution in [3.8, 4) is 5.75 Å². The maximum absolute atomic E-state index is 13.1. The molecule has 0 unspecified atom stereocenters. The van der Waals surface area contributed by atoms with E-state index in [4.69, 9.17) is 9.47 Å². The smallest absolute Gasteiger partial charge is 0.270 e. The first-order valence-electron chi connectivity index (χ1n) is 8.65. The van der Waals surface area contributed by atoms with Crippen molar-refractivity contribution in [2.75, 3.05) is 38.7 Å². The zero-order chi connectivity index (χ0) is 20.1. The number of ether oxygens (including phenoxy) is 2. The lowest BCUT2D eigenvalue weighted by Gasteiger charge is -2.27. The third-order valence-corrected chi connectivity index (χ3v) is 6.34. The van der Waals surface area contributed by atoms with E-state index in [1.807, 2.05) is 12.1 Å². The van der Waals surface area contributed by atoms with Crippen LogP contribution in [-0.4, -0.2) is 51.1 Å². The van der Waals surface area contributed by atoms with Crippen LogP contribution < -0.4 is 10.1 Å². The Morgan fingerprint density at radius 2 is 1.86 bits per heavy atom. The molecule has 3 rings (SSSR count). The van der Waals surface area contributed by atoms with E-state index in [0.29, 0.717) is 25.4 Å². The predicted molar refractivity (Wildman–Crippen MR) is 103 cm³/mol. The fourth-order valence-electron chi connectivity index (χ4n) is 2.85. The minimum absolute atomic E-state index is 0.114. The van der Waals surface area contributed by atoms with E-state index < -0.39 is 14.9 Å². The molecule has 0 saturated carbocycles. The number of anilines is 1. The summed E-state index contributed by atoms with van der Waals surface area (Å²) < 4.78 is 37.7. The molecule has 1 aliphatic heterocycles. The van der Waals surface area contributed by atoms with Crippen molar-refractivity contribution >= 4 is 21.4 Å². The van der Waals surface area contributed by atoms with Crippen LogP contribution in [-0.2, 0) is 21.3 Å². The molecule has 28 heavy (non-hydrogen) atoms. The van der Waals surface area contributed by atoms with E-state index >= 15 is 0 Å². The zero-order valence-corrected chi connectivity index (χ0v) is 16.1. The summed E-state index contributed by atoms with van der Waals surface area (Å²) in [7, 11) is -2.32. The predicted octanol–water partition coefficient (Wildman–Crippen LogP) is 2.24. The summed E-state index contributed by atoms with van der Waals surface area (Å²) in [4.78, 5) is 10.4. The summed E-state index contributed by atoms with van der Waals surface area (Å²) in [5.41, 5.74) is 0.948. The fourth-order valence-corrected chi connectivity index (χ4v) is 4.45. The molecule has 0 atom stereocenters. The van der Waals surface area contributed by atoms with Crippen molar-refractivity contribution in [2.45, 2.75) is 11.4 Å². The molecule has 1 saturated heterocycles. The second-order valence-corrected chi connectivity index (χ2v) is 8.06. The van der Waals surface area contributed by atoms with E-state index in [0.717, 1.165) is 17.4 Å². The van der Waals surface area contributed by atoms with Gasteiger partial charge in [-0.2, -0.15) is 4.31 Å². The number of nitrogens with one attached hydrogen (secondary N) is 1. The third kappa shape index (κ3) is 4.41. The van der Waals surface area contributed by atoms with Gasteiger partial charge in [-0.1, -0.05) is 12.1 Å². The number of methoxy groups -OCH3 is 1. The number of hydrogen-bond donors (Lipinski definition) is 1. The molecule has 10 heteroatoms. The van der Waals surface area contributed by atoms with Crippen LogP contribution in [0.4, 0.5) is 11.4 Å². The first-order valence-corrected chi connectivity index (χ1v) is 10.1. The average Bonchev–Trinajstić information content (AvgIpc) is 2.73. The maximum atomic E-state index is 13.1. The van der Waals surface area contributed by atoms with Gasteiger partial charge in [0.1, 0.15) is 10.6 Å². The molecule has 2 aromatic rings. The van der Waals surface area contributed by atoms with Gasteiger partial charge < -0.3 is 14.8 Å². The van der Waals surface area contributed by atoms with Gasteiger partial charge >= 0.3 is 0 Å². The SMILES string of the molecule is COc1ccc(CNc2ccc([N+](=O)[O-])cc2S(=O)(=O)N2CCOCC2)cc1. The summed E-state index contributed by atoms with van der Waals surface area (Å²) >= 11 is 0. The molecule has 0 spiro atoms. The number of nitro benzene ring substituents is 1. The third-order valence-electron chi connectivity index (χ3n) is 4.41. The highest BCUT2D eigenvalue weighted by Gasteiger charge is 2.30. The lowest BCUT2D eigenvalue weighted by molar-refractivity contribution is -0.385. The van der Waals surface area contributed by atoms with Crippen molar-refractivity contribution in [1.29, 1.82) is 0 Å². The van der Waals surface area contributed by atoms with Gasteiger partial charge in [-0.25, -0.2) is 8.42 Å². The Kier molecular flexibility index (Phi) is 6.12. The van der Waals surface area contributed by atoms with E-state index in [1.54, 1.807) is 19.2 Å². The van der Waals surface area contributed by atoms with Crippen LogP contribution in [0.15, 0.2) is 47.4 Å². The topological polar surface area (TPSA) is 111 Å². The van der Waals surface area contributed by atoms with Crippen LogP contribution in [0.5, 0.6) is 5.75 Å². The van der Waals surface area contributed by atoms with Gasteiger partial charge in [0.15, 0.2) is 0 Å². The Hall–Kier alpha value is -2.69. The van der Waals surface area contributed by atoms with Gasteiger partial charge in [0.25, 0.3) is 5.69 Å². The van der Waals surface area contributed by atoms with Crippen LogP contribution in [0.2, 0.25) is 0 Å². The highest BCUT2D eigenvalue weighted by Crippen LogP contribution is 2.30. The first kappa shape index (κ1) is 20.1. The average molecular weight is 407 g/mol. The minimum atomic E-state index is -3.90. The van der Waals surface area contributed by atoms with Crippen LogP contribution in [0.25, 0.3) is 0 Å². The van der Waals surface area contributed by atoms with Gasteiger partial charge in [-0.3, -0.25) is 10.1 Å². The summed E-state index contributed by atoms with van der Waals surface area (Å²) in [5, 5.41) is 14.2. The first-order chi connectivity index (χ1) is 13.4. The Morgan fingerprint density at radius 3 is 2.46 bits per heavy atom.